The van der Waals surface area contributed by atoms with Crippen LogP contribution in [0.4, 0.5) is 5.69 Å². The highest BCUT2D eigenvalue weighted by molar-refractivity contribution is 6.31. The van der Waals surface area contributed by atoms with E-state index < -0.39 is 5.97 Å². The van der Waals surface area contributed by atoms with Crippen molar-refractivity contribution >= 4 is 29.2 Å². The molecule has 0 unspecified atom stereocenters. The van der Waals surface area contributed by atoms with Crippen LogP contribution < -0.4 is 10.6 Å². The fraction of sp³-hybridized carbons (Fsp3) is 0.222. The van der Waals surface area contributed by atoms with Gasteiger partial charge in [-0.2, -0.15) is 0 Å². The van der Waals surface area contributed by atoms with E-state index in [0.717, 1.165) is 5.56 Å². The number of esters is 1. The van der Waals surface area contributed by atoms with E-state index in [1.54, 1.807) is 24.3 Å². The predicted molar refractivity (Wildman–Crippen MR) is 94.2 cm³/mol. The summed E-state index contributed by atoms with van der Waals surface area (Å²) in [5.41, 5.74) is 1.95. The summed E-state index contributed by atoms with van der Waals surface area (Å²) in [4.78, 5) is 23.4. The van der Waals surface area contributed by atoms with Crippen LogP contribution >= 0.6 is 11.6 Å². The van der Waals surface area contributed by atoms with E-state index in [4.69, 9.17) is 11.6 Å². The van der Waals surface area contributed by atoms with Crippen molar-refractivity contribution in [3.05, 3.63) is 64.7 Å². The third-order valence-corrected chi connectivity index (χ3v) is 3.74. The third-order valence-electron chi connectivity index (χ3n) is 3.37. The van der Waals surface area contributed by atoms with Gasteiger partial charge in [-0.15, -0.1) is 0 Å². The highest BCUT2D eigenvalue weighted by Crippen LogP contribution is 2.14. The van der Waals surface area contributed by atoms with Gasteiger partial charge in [0.05, 0.1) is 12.7 Å². The maximum absolute atomic E-state index is 11.9. The van der Waals surface area contributed by atoms with Crippen molar-refractivity contribution in [3.63, 3.8) is 0 Å². The molecule has 0 saturated heterocycles. The first-order valence-corrected chi connectivity index (χ1v) is 7.90. The minimum Gasteiger partial charge on any atom is -0.465 e. The molecule has 5 nitrogen and oxygen atoms in total. The lowest BCUT2D eigenvalue weighted by Gasteiger charge is -2.08. The number of ether oxygens (including phenoxy) is 1. The number of nitrogens with one attached hydrogen (secondary N) is 2. The molecule has 0 fully saturated rings. The number of carbonyl (C=O) groups excluding carboxylic acids is 2. The molecule has 0 bridgehead atoms. The second-order valence-corrected chi connectivity index (χ2v) is 5.55. The Labute approximate surface area is 146 Å². The second-order valence-electron chi connectivity index (χ2n) is 5.14. The molecule has 2 aromatic rings. The fourth-order valence-electron chi connectivity index (χ4n) is 2.13. The molecule has 0 heterocycles. The van der Waals surface area contributed by atoms with Crippen molar-refractivity contribution in [2.45, 2.75) is 13.0 Å². The Balaban J connectivity index is 1.77. The third kappa shape index (κ3) is 5.37. The summed E-state index contributed by atoms with van der Waals surface area (Å²) in [5, 5.41) is 6.64. The smallest absolute Gasteiger partial charge is 0.337 e. The van der Waals surface area contributed by atoms with E-state index in [2.05, 4.69) is 15.4 Å². The lowest BCUT2D eigenvalue weighted by molar-refractivity contribution is -0.116. The van der Waals surface area contributed by atoms with Gasteiger partial charge in [0, 0.05) is 30.2 Å². The van der Waals surface area contributed by atoms with Gasteiger partial charge in [-0.05, 0) is 29.8 Å². The number of methoxy groups -OCH3 is 1. The molecule has 0 aromatic heterocycles. The molecule has 2 aromatic carbocycles. The molecule has 126 valence electrons. The zero-order chi connectivity index (χ0) is 17.4. The topological polar surface area (TPSA) is 67.4 Å². The summed E-state index contributed by atoms with van der Waals surface area (Å²) >= 11 is 6.07. The molecule has 0 saturated carbocycles. The number of amides is 1. The van der Waals surface area contributed by atoms with Gasteiger partial charge in [0.1, 0.15) is 0 Å². The van der Waals surface area contributed by atoms with Crippen LogP contribution in [0.15, 0.2) is 48.5 Å². The van der Waals surface area contributed by atoms with Crippen LogP contribution in [-0.2, 0) is 16.1 Å². The van der Waals surface area contributed by atoms with Crippen molar-refractivity contribution in [3.8, 4) is 0 Å². The maximum atomic E-state index is 11.9. The molecule has 6 heteroatoms. The molecule has 24 heavy (non-hydrogen) atoms. The highest BCUT2D eigenvalue weighted by Gasteiger charge is 2.07. The molecule has 0 aliphatic carbocycles. The average molecular weight is 347 g/mol. The van der Waals surface area contributed by atoms with Gasteiger partial charge in [0.25, 0.3) is 0 Å². The number of carbonyl (C=O) groups is 2. The monoisotopic (exact) mass is 346 g/mol. The normalized spacial score (nSPS) is 10.2. The van der Waals surface area contributed by atoms with Gasteiger partial charge in [-0.1, -0.05) is 35.9 Å². The summed E-state index contributed by atoms with van der Waals surface area (Å²) < 4.78 is 4.65. The van der Waals surface area contributed by atoms with Crippen molar-refractivity contribution in [2.24, 2.45) is 0 Å². The first kappa shape index (κ1) is 18.0. The molecule has 0 aliphatic rings. The van der Waals surface area contributed by atoms with Gasteiger partial charge >= 0.3 is 5.97 Å². The van der Waals surface area contributed by atoms with Crippen LogP contribution in [0.5, 0.6) is 0 Å². The summed E-state index contributed by atoms with van der Waals surface area (Å²) in [6.45, 7) is 1.12. The molecular formula is C18H19ClN2O3. The Bertz CT molecular complexity index is 719. The van der Waals surface area contributed by atoms with Gasteiger partial charge in [0.2, 0.25) is 5.91 Å². The van der Waals surface area contributed by atoms with Crippen molar-refractivity contribution < 1.29 is 14.3 Å². The van der Waals surface area contributed by atoms with E-state index in [9.17, 15) is 9.59 Å². The van der Waals surface area contributed by atoms with Gasteiger partial charge in [0.15, 0.2) is 0 Å². The average Bonchev–Trinajstić information content (AvgIpc) is 2.59. The van der Waals surface area contributed by atoms with Crippen LogP contribution in [-0.4, -0.2) is 25.5 Å². The number of rotatable bonds is 7. The van der Waals surface area contributed by atoms with Crippen LogP contribution in [0.3, 0.4) is 0 Å². The zero-order valence-electron chi connectivity index (χ0n) is 13.3. The van der Waals surface area contributed by atoms with Crippen LogP contribution in [0, 0.1) is 0 Å². The summed E-state index contributed by atoms with van der Waals surface area (Å²) in [7, 11) is 1.32. The number of anilines is 1. The summed E-state index contributed by atoms with van der Waals surface area (Å²) in [6, 6.07) is 14.2. The van der Waals surface area contributed by atoms with E-state index in [-0.39, 0.29) is 5.91 Å². The second kappa shape index (κ2) is 9.05. The Hall–Kier alpha value is -2.37. The first-order valence-electron chi connectivity index (χ1n) is 7.52. The van der Waals surface area contributed by atoms with Crippen molar-refractivity contribution in [1.82, 2.24) is 5.32 Å². The summed E-state index contributed by atoms with van der Waals surface area (Å²) in [5.74, 6) is -0.573. The first-order chi connectivity index (χ1) is 11.6. The lowest BCUT2D eigenvalue weighted by Crippen LogP contribution is -2.21. The van der Waals surface area contributed by atoms with Crippen LogP contribution in [0.1, 0.15) is 22.3 Å². The minimum atomic E-state index is -0.437. The number of hydrogen-bond acceptors (Lipinski definition) is 4. The zero-order valence-corrected chi connectivity index (χ0v) is 14.1. The Morgan fingerprint density at radius 2 is 1.92 bits per heavy atom. The molecular weight excluding hydrogens is 328 g/mol. The number of halogens is 1. The lowest BCUT2D eigenvalue weighted by atomic mass is 10.2. The van der Waals surface area contributed by atoms with E-state index in [1.807, 2.05) is 24.3 Å². The SMILES string of the molecule is COC(=O)c1cccc(NC(=O)CCNCc2ccccc2Cl)c1. The van der Waals surface area contributed by atoms with Gasteiger partial charge in [-0.3, -0.25) is 4.79 Å². The maximum Gasteiger partial charge on any atom is 0.337 e. The number of benzene rings is 2. The van der Waals surface area contributed by atoms with Gasteiger partial charge in [-0.25, -0.2) is 4.79 Å². The highest BCUT2D eigenvalue weighted by atomic mass is 35.5. The summed E-state index contributed by atoms with van der Waals surface area (Å²) in [6.07, 6.45) is 0.312. The van der Waals surface area contributed by atoms with Crippen LogP contribution in [0.2, 0.25) is 5.02 Å². The molecule has 1 amide bonds. The minimum absolute atomic E-state index is 0.135. The van der Waals surface area contributed by atoms with E-state index in [0.29, 0.717) is 35.8 Å². The van der Waals surface area contributed by atoms with Crippen LogP contribution in [0.25, 0.3) is 0 Å². The predicted octanol–water partition coefficient (Wildman–Crippen LogP) is 3.25. The molecule has 0 radical (unpaired) electrons. The van der Waals surface area contributed by atoms with E-state index in [1.165, 1.54) is 7.11 Å². The Kier molecular flexibility index (Phi) is 6.78. The quantitative estimate of drug-likeness (QED) is 0.596. The fourth-order valence-corrected chi connectivity index (χ4v) is 2.33. The van der Waals surface area contributed by atoms with Crippen molar-refractivity contribution in [2.75, 3.05) is 19.0 Å². The largest absolute Gasteiger partial charge is 0.465 e. The molecule has 0 spiro atoms. The van der Waals surface area contributed by atoms with Gasteiger partial charge < -0.3 is 15.4 Å². The van der Waals surface area contributed by atoms with Crippen molar-refractivity contribution in [1.29, 1.82) is 0 Å². The molecule has 2 rings (SSSR count). The molecule has 0 aliphatic heterocycles. The standard InChI is InChI=1S/C18H19ClN2O3/c1-24-18(23)13-6-4-7-15(11-13)21-17(22)9-10-20-12-14-5-2-3-8-16(14)19/h2-8,11,20H,9-10,12H2,1H3,(H,21,22). The Morgan fingerprint density at radius 3 is 2.67 bits per heavy atom. The van der Waals surface area contributed by atoms with E-state index >= 15 is 0 Å². The Morgan fingerprint density at radius 1 is 1.12 bits per heavy atom. The molecule has 2 N–H and O–H groups in total. The molecule has 0 atom stereocenters. The number of hydrogen-bond donors (Lipinski definition) is 2.